The summed E-state index contributed by atoms with van der Waals surface area (Å²) in [5, 5.41) is 4.15. The van der Waals surface area contributed by atoms with E-state index in [-0.39, 0.29) is 6.54 Å². The SMILES string of the molecule is Cc1ccccc1CN(c1ccc(C(=O)N/N=C\c2cc(C)n(-c3cccc(Br)c3)c2C)cc1)S(C)(=O)=O. The second kappa shape index (κ2) is 11.4. The summed E-state index contributed by atoms with van der Waals surface area (Å²) in [4.78, 5) is 12.7. The average molecular weight is 594 g/mol. The van der Waals surface area contributed by atoms with Gasteiger partial charge in [-0.3, -0.25) is 9.10 Å². The largest absolute Gasteiger partial charge is 0.318 e. The Kier molecular flexibility index (Phi) is 8.18. The van der Waals surface area contributed by atoms with Crippen LogP contribution in [-0.4, -0.2) is 31.4 Å². The van der Waals surface area contributed by atoms with Crippen LogP contribution in [0.1, 0.15) is 38.4 Å². The highest BCUT2D eigenvalue weighted by Crippen LogP contribution is 2.24. The summed E-state index contributed by atoms with van der Waals surface area (Å²) in [7, 11) is -3.53. The minimum absolute atomic E-state index is 0.208. The molecule has 0 saturated carbocycles. The fourth-order valence-electron chi connectivity index (χ4n) is 4.28. The Hall–Kier alpha value is -3.69. The standard InChI is InChI=1S/C29H29BrN4O3S/c1-20-8-5-6-9-24(20)19-33(38(4,36)37)27-14-12-23(13-15-27)29(35)32-31-18-25-16-21(2)34(22(25)3)28-11-7-10-26(30)17-28/h5-18H,19H2,1-4H3,(H,32,35)/b31-18-. The Morgan fingerprint density at radius 1 is 1.00 bits per heavy atom. The van der Waals surface area contributed by atoms with E-state index in [4.69, 9.17) is 0 Å². The molecule has 0 unspecified atom stereocenters. The van der Waals surface area contributed by atoms with Gasteiger partial charge in [0, 0.05) is 32.7 Å². The third-order valence-electron chi connectivity index (χ3n) is 6.30. The molecule has 4 aromatic rings. The van der Waals surface area contributed by atoms with Gasteiger partial charge in [0.1, 0.15) is 0 Å². The maximum Gasteiger partial charge on any atom is 0.271 e. The number of hydrogen-bond donors (Lipinski definition) is 1. The first-order chi connectivity index (χ1) is 18.0. The van der Waals surface area contributed by atoms with Gasteiger partial charge in [0.25, 0.3) is 5.91 Å². The van der Waals surface area contributed by atoms with Gasteiger partial charge in [-0.05, 0) is 80.4 Å². The molecule has 1 aromatic heterocycles. The minimum Gasteiger partial charge on any atom is -0.318 e. The predicted molar refractivity (Wildman–Crippen MR) is 157 cm³/mol. The van der Waals surface area contributed by atoms with Crippen molar-refractivity contribution in [2.45, 2.75) is 27.3 Å². The highest BCUT2D eigenvalue weighted by molar-refractivity contribution is 9.10. The zero-order valence-electron chi connectivity index (χ0n) is 21.6. The van der Waals surface area contributed by atoms with Crippen LogP contribution in [0.3, 0.4) is 0 Å². The summed E-state index contributed by atoms with van der Waals surface area (Å²) in [5.74, 6) is -0.390. The summed E-state index contributed by atoms with van der Waals surface area (Å²) in [6, 6.07) is 24.1. The lowest BCUT2D eigenvalue weighted by Crippen LogP contribution is -2.29. The Balaban J connectivity index is 1.47. The molecule has 0 fully saturated rings. The smallest absolute Gasteiger partial charge is 0.271 e. The lowest BCUT2D eigenvalue weighted by atomic mass is 10.1. The van der Waals surface area contributed by atoms with Gasteiger partial charge < -0.3 is 4.57 Å². The molecule has 3 aromatic carbocycles. The minimum atomic E-state index is -3.53. The molecule has 38 heavy (non-hydrogen) atoms. The molecular weight excluding hydrogens is 564 g/mol. The van der Waals surface area contributed by atoms with Crippen LogP contribution in [0.5, 0.6) is 0 Å². The molecule has 9 heteroatoms. The van der Waals surface area contributed by atoms with Crippen LogP contribution in [0, 0.1) is 20.8 Å². The molecule has 7 nitrogen and oxygen atoms in total. The summed E-state index contributed by atoms with van der Waals surface area (Å²) in [6.07, 6.45) is 2.80. The van der Waals surface area contributed by atoms with Crippen LogP contribution in [0.25, 0.3) is 5.69 Å². The van der Waals surface area contributed by atoms with E-state index in [1.807, 2.05) is 75.4 Å². The topological polar surface area (TPSA) is 83.8 Å². The Morgan fingerprint density at radius 3 is 2.37 bits per heavy atom. The van der Waals surface area contributed by atoms with Crippen molar-refractivity contribution in [3.8, 4) is 5.69 Å². The Bertz CT molecular complexity index is 1610. The van der Waals surface area contributed by atoms with E-state index in [1.165, 1.54) is 10.6 Å². The third kappa shape index (κ3) is 6.23. The van der Waals surface area contributed by atoms with Crippen LogP contribution < -0.4 is 9.73 Å². The van der Waals surface area contributed by atoms with Gasteiger partial charge in [0.2, 0.25) is 10.0 Å². The first-order valence-electron chi connectivity index (χ1n) is 11.9. The molecule has 196 valence electrons. The second-order valence-electron chi connectivity index (χ2n) is 9.08. The van der Waals surface area contributed by atoms with Crippen molar-refractivity contribution in [3.05, 3.63) is 117 Å². The Labute approximate surface area is 232 Å². The number of anilines is 1. The number of rotatable bonds is 8. The lowest BCUT2D eigenvalue weighted by Gasteiger charge is -2.23. The molecule has 0 atom stereocenters. The first-order valence-corrected chi connectivity index (χ1v) is 14.6. The third-order valence-corrected chi connectivity index (χ3v) is 7.93. The van der Waals surface area contributed by atoms with E-state index in [2.05, 4.69) is 31.0 Å². The van der Waals surface area contributed by atoms with Crippen molar-refractivity contribution in [3.63, 3.8) is 0 Å². The van der Waals surface area contributed by atoms with Crippen molar-refractivity contribution in [1.82, 2.24) is 9.99 Å². The quantitative estimate of drug-likeness (QED) is 0.204. The van der Waals surface area contributed by atoms with E-state index < -0.39 is 15.9 Å². The van der Waals surface area contributed by atoms with Crippen molar-refractivity contribution in [1.29, 1.82) is 0 Å². The fourth-order valence-corrected chi connectivity index (χ4v) is 5.54. The molecule has 0 radical (unpaired) electrons. The van der Waals surface area contributed by atoms with Crippen molar-refractivity contribution in [2.75, 3.05) is 10.6 Å². The number of hydrogen-bond acceptors (Lipinski definition) is 4. The van der Waals surface area contributed by atoms with Crippen LogP contribution in [0.4, 0.5) is 5.69 Å². The summed E-state index contributed by atoms with van der Waals surface area (Å²) < 4.78 is 29.5. The number of carbonyl (C=O) groups is 1. The normalized spacial score (nSPS) is 11.6. The highest BCUT2D eigenvalue weighted by Gasteiger charge is 2.19. The summed E-state index contributed by atoms with van der Waals surface area (Å²) in [6.45, 7) is 6.17. The summed E-state index contributed by atoms with van der Waals surface area (Å²) in [5.41, 5.74) is 9.29. The van der Waals surface area contributed by atoms with E-state index in [0.717, 1.165) is 38.2 Å². The predicted octanol–water partition coefficient (Wildman–Crippen LogP) is 5.90. The van der Waals surface area contributed by atoms with Crippen molar-refractivity contribution >= 4 is 43.8 Å². The number of nitrogens with zero attached hydrogens (tertiary/aromatic N) is 3. The van der Waals surface area contributed by atoms with Crippen molar-refractivity contribution in [2.24, 2.45) is 5.10 Å². The maximum atomic E-state index is 12.7. The number of halogens is 1. The van der Waals surface area contributed by atoms with E-state index >= 15 is 0 Å². The molecule has 1 N–H and O–H groups in total. The molecule has 0 aliphatic rings. The number of sulfonamides is 1. The molecule has 4 rings (SSSR count). The van der Waals surface area contributed by atoms with Crippen LogP contribution in [0.2, 0.25) is 0 Å². The highest BCUT2D eigenvalue weighted by atomic mass is 79.9. The number of benzene rings is 3. The number of aromatic nitrogens is 1. The number of amides is 1. The van der Waals surface area contributed by atoms with Gasteiger partial charge in [-0.15, -0.1) is 0 Å². The first kappa shape index (κ1) is 27.3. The van der Waals surface area contributed by atoms with Gasteiger partial charge in [-0.2, -0.15) is 5.10 Å². The van der Waals surface area contributed by atoms with Crippen LogP contribution in [0.15, 0.2) is 88.4 Å². The molecule has 1 heterocycles. The molecular formula is C29H29BrN4O3S. The van der Waals surface area contributed by atoms with Gasteiger partial charge >= 0.3 is 0 Å². The fraction of sp³-hybridized carbons (Fsp3) is 0.172. The number of aryl methyl sites for hydroxylation is 2. The molecule has 0 spiro atoms. The number of hydrazone groups is 1. The van der Waals surface area contributed by atoms with E-state index in [0.29, 0.717) is 11.3 Å². The van der Waals surface area contributed by atoms with Crippen LogP contribution >= 0.6 is 15.9 Å². The van der Waals surface area contributed by atoms with Gasteiger partial charge in [0.15, 0.2) is 0 Å². The number of carbonyl (C=O) groups excluding carboxylic acids is 1. The lowest BCUT2D eigenvalue weighted by molar-refractivity contribution is 0.0955. The second-order valence-corrected chi connectivity index (χ2v) is 11.9. The van der Waals surface area contributed by atoms with Gasteiger partial charge in [0.05, 0.1) is 24.7 Å². The van der Waals surface area contributed by atoms with Gasteiger partial charge in [-0.1, -0.05) is 46.3 Å². The summed E-state index contributed by atoms with van der Waals surface area (Å²) >= 11 is 3.52. The Morgan fingerprint density at radius 2 is 1.71 bits per heavy atom. The maximum absolute atomic E-state index is 12.7. The molecule has 0 saturated heterocycles. The molecule has 0 aliphatic carbocycles. The van der Waals surface area contributed by atoms with E-state index in [9.17, 15) is 13.2 Å². The zero-order valence-corrected chi connectivity index (χ0v) is 24.0. The molecule has 0 aliphatic heterocycles. The monoisotopic (exact) mass is 592 g/mol. The molecule has 0 bridgehead atoms. The van der Waals surface area contributed by atoms with Gasteiger partial charge in [-0.25, -0.2) is 13.8 Å². The average Bonchev–Trinajstić information content (AvgIpc) is 3.15. The zero-order chi connectivity index (χ0) is 27.4. The molecule has 1 amide bonds. The van der Waals surface area contributed by atoms with E-state index in [1.54, 1.807) is 30.5 Å². The van der Waals surface area contributed by atoms with Crippen molar-refractivity contribution < 1.29 is 13.2 Å². The van der Waals surface area contributed by atoms with Crippen LogP contribution in [-0.2, 0) is 16.6 Å². The number of nitrogens with one attached hydrogen (secondary N) is 1.